The van der Waals surface area contributed by atoms with Crippen LogP contribution in [0.1, 0.15) is 54.8 Å². The van der Waals surface area contributed by atoms with E-state index in [9.17, 15) is 4.79 Å². The van der Waals surface area contributed by atoms with Crippen molar-refractivity contribution in [2.75, 3.05) is 0 Å². The molecule has 19 heavy (non-hydrogen) atoms. The zero-order chi connectivity index (χ0) is 13.9. The fourth-order valence-corrected chi connectivity index (χ4v) is 2.77. The molecule has 1 saturated carbocycles. The highest BCUT2D eigenvalue weighted by Gasteiger charge is 2.36. The number of carbonyl (C=O) groups is 1. The van der Waals surface area contributed by atoms with Crippen molar-refractivity contribution in [1.82, 2.24) is 10.5 Å². The summed E-state index contributed by atoms with van der Waals surface area (Å²) in [6.07, 6.45) is 5.94. The number of hydrogen-bond acceptors (Lipinski definition) is 4. The van der Waals surface area contributed by atoms with Gasteiger partial charge in [0.05, 0.1) is 16.2 Å². The minimum absolute atomic E-state index is 0.206. The number of thiocarbonyl (C=S) groups is 1. The third kappa shape index (κ3) is 3.12. The van der Waals surface area contributed by atoms with Gasteiger partial charge >= 0.3 is 0 Å². The summed E-state index contributed by atoms with van der Waals surface area (Å²) in [6.45, 7) is 1.77. The van der Waals surface area contributed by atoms with Crippen molar-refractivity contribution in [3.8, 4) is 0 Å². The predicted octanol–water partition coefficient (Wildman–Crippen LogP) is 2.09. The molecule has 104 valence electrons. The molecule has 2 rings (SSSR count). The number of carbonyl (C=O) groups excluding carboxylic acids is 1. The predicted molar refractivity (Wildman–Crippen MR) is 75.9 cm³/mol. The summed E-state index contributed by atoms with van der Waals surface area (Å²) in [7, 11) is 0. The quantitative estimate of drug-likeness (QED) is 0.655. The lowest BCUT2D eigenvalue weighted by molar-refractivity contribution is 0.0879. The molecule has 1 heterocycles. The van der Waals surface area contributed by atoms with Crippen molar-refractivity contribution < 1.29 is 9.32 Å². The standard InChI is InChI=1S/C13H19N3O2S/c1-9-8-10(18-16-9)11(17)15-13(12(14)19)6-4-2-3-5-7-13/h8H,2-7H2,1H3,(H2,14,19)(H,15,17). The van der Waals surface area contributed by atoms with E-state index in [-0.39, 0.29) is 11.7 Å². The molecule has 0 aliphatic heterocycles. The molecule has 0 unspecified atom stereocenters. The Bertz CT molecular complexity index is 476. The van der Waals surface area contributed by atoms with Crippen molar-refractivity contribution in [3.63, 3.8) is 0 Å². The molecular weight excluding hydrogens is 262 g/mol. The Morgan fingerprint density at radius 2 is 2.05 bits per heavy atom. The van der Waals surface area contributed by atoms with Gasteiger partial charge in [0.2, 0.25) is 5.76 Å². The lowest BCUT2D eigenvalue weighted by atomic mass is 9.90. The lowest BCUT2D eigenvalue weighted by Gasteiger charge is -2.32. The number of amides is 1. The Kier molecular flexibility index (Phi) is 4.19. The molecule has 0 atom stereocenters. The van der Waals surface area contributed by atoms with Crippen LogP contribution in [-0.4, -0.2) is 21.6 Å². The van der Waals surface area contributed by atoms with Crippen molar-refractivity contribution in [3.05, 3.63) is 17.5 Å². The molecule has 0 radical (unpaired) electrons. The van der Waals surface area contributed by atoms with Crippen LogP contribution in [-0.2, 0) is 0 Å². The summed E-state index contributed by atoms with van der Waals surface area (Å²) >= 11 is 5.18. The number of nitrogens with zero attached hydrogens (tertiary/aromatic N) is 1. The van der Waals surface area contributed by atoms with E-state index in [1.807, 2.05) is 0 Å². The zero-order valence-corrected chi connectivity index (χ0v) is 11.9. The number of rotatable bonds is 3. The van der Waals surface area contributed by atoms with Gasteiger partial charge in [0.15, 0.2) is 0 Å². The van der Waals surface area contributed by atoms with Crippen LogP contribution >= 0.6 is 12.2 Å². The Balaban J connectivity index is 2.16. The monoisotopic (exact) mass is 281 g/mol. The topological polar surface area (TPSA) is 81.2 Å². The van der Waals surface area contributed by atoms with Gasteiger partial charge in [-0.1, -0.05) is 43.1 Å². The molecule has 1 aromatic rings. The molecule has 1 aliphatic carbocycles. The average molecular weight is 281 g/mol. The van der Waals surface area contributed by atoms with Crippen LogP contribution in [0, 0.1) is 6.92 Å². The van der Waals surface area contributed by atoms with Crippen LogP contribution in [0.3, 0.4) is 0 Å². The normalized spacial score (nSPS) is 18.6. The molecule has 0 bridgehead atoms. The van der Waals surface area contributed by atoms with Crippen LogP contribution in [0.4, 0.5) is 0 Å². The largest absolute Gasteiger partial charge is 0.391 e. The van der Waals surface area contributed by atoms with E-state index in [2.05, 4.69) is 10.5 Å². The van der Waals surface area contributed by atoms with Crippen molar-refractivity contribution in [1.29, 1.82) is 0 Å². The number of aromatic nitrogens is 1. The van der Waals surface area contributed by atoms with Crippen LogP contribution in [0.25, 0.3) is 0 Å². The van der Waals surface area contributed by atoms with Gasteiger partial charge in [-0.2, -0.15) is 0 Å². The molecule has 5 nitrogen and oxygen atoms in total. The average Bonchev–Trinajstić information content (AvgIpc) is 2.65. The van der Waals surface area contributed by atoms with E-state index in [0.717, 1.165) is 38.5 Å². The number of aryl methyl sites for hydroxylation is 1. The molecule has 0 saturated heterocycles. The SMILES string of the molecule is Cc1cc(C(=O)NC2(C(N)=S)CCCCCC2)on1. The smallest absolute Gasteiger partial charge is 0.290 e. The number of hydrogen-bond donors (Lipinski definition) is 2. The summed E-state index contributed by atoms with van der Waals surface area (Å²) in [5.74, 6) is -0.0901. The minimum Gasteiger partial charge on any atom is -0.391 e. The van der Waals surface area contributed by atoms with Crippen LogP contribution in [0.5, 0.6) is 0 Å². The first-order chi connectivity index (χ1) is 9.03. The second-order valence-electron chi connectivity index (χ2n) is 5.15. The van der Waals surface area contributed by atoms with Gasteiger partial charge in [0.25, 0.3) is 5.91 Å². The second kappa shape index (κ2) is 5.69. The summed E-state index contributed by atoms with van der Waals surface area (Å²) < 4.78 is 4.98. The van der Waals surface area contributed by atoms with Crippen molar-refractivity contribution in [2.45, 2.75) is 51.0 Å². The van der Waals surface area contributed by atoms with Crippen LogP contribution < -0.4 is 11.1 Å². The highest BCUT2D eigenvalue weighted by molar-refractivity contribution is 7.80. The van der Waals surface area contributed by atoms with E-state index >= 15 is 0 Å². The van der Waals surface area contributed by atoms with Crippen molar-refractivity contribution >= 4 is 23.1 Å². The van der Waals surface area contributed by atoms with Crippen LogP contribution in [0.15, 0.2) is 10.6 Å². The molecule has 6 heteroatoms. The number of nitrogens with one attached hydrogen (secondary N) is 1. The Hall–Kier alpha value is -1.43. The summed E-state index contributed by atoms with van der Waals surface area (Å²) in [5.41, 5.74) is 5.97. The molecule has 1 aromatic heterocycles. The maximum absolute atomic E-state index is 12.2. The zero-order valence-electron chi connectivity index (χ0n) is 11.1. The Morgan fingerprint density at radius 3 is 2.53 bits per heavy atom. The van der Waals surface area contributed by atoms with E-state index in [1.165, 1.54) is 0 Å². The fraction of sp³-hybridized carbons (Fsp3) is 0.615. The van der Waals surface area contributed by atoms with Gasteiger partial charge in [-0.3, -0.25) is 4.79 Å². The second-order valence-corrected chi connectivity index (χ2v) is 5.59. The number of nitrogens with two attached hydrogens (primary N) is 1. The van der Waals surface area contributed by atoms with Crippen LogP contribution in [0.2, 0.25) is 0 Å². The first-order valence-corrected chi connectivity index (χ1v) is 7.00. The maximum atomic E-state index is 12.2. The van der Waals surface area contributed by atoms with Gasteiger partial charge in [-0.05, 0) is 19.8 Å². The molecule has 0 spiro atoms. The molecule has 1 fully saturated rings. The van der Waals surface area contributed by atoms with E-state index < -0.39 is 5.54 Å². The first-order valence-electron chi connectivity index (χ1n) is 6.59. The van der Waals surface area contributed by atoms with Gasteiger partial charge in [-0.25, -0.2) is 0 Å². The van der Waals surface area contributed by atoms with Gasteiger partial charge < -0.3 is 15.6 Å². The van der Waals surface area contributed by atoms with E-state index in [0.29, 0.717) is 10.7 Å². The third-order valence-corrected chi connectivity index (χ3v) is 4.02. The lowest BCUT2D eigenvalue weighted by Crippen LogP contribution is -2.56. The molecular formula is C13H19N3O2S. The minimum atomic E-state index is -0.580. The Labute approximate surface area is 117 Å². The van der Waals surface area contributed by atoms with Gasteiger partial charge in [0, 0.05) is 6.07 Å². The highest BCUT2D eigenvalue weighted by atomic mass is 32.1. The first kappa shape index (κ1) is 14.0. The maximum Gasteiger partial charge on any atom is 0.290 e. The van der Waals surface area contributed by atoms with E-state index in [4.69, 9.17) is 22.5 Å². The summed E-state index contributed by atoms with van der Waals surface area (Å²) in [6, 6.07) is 1.61. The van der Waals surface area contributed by atoms with E-state index in [1.54, 1.807) is 13.0 Å². The highest BCUT2D eigenvalue weighted by Crippen LogP contribution is 2.28. The Morgan fingerprint density at radius 1 is 1.42 bits per heavy atom. The van der Waals surface area contributed by atoms with Gasteiger partial charge in [-0.15, -0.1) is 0 Å². The summed E-state index contributed by atoms with van der Waals surface area (Å²) in [4.78, 5) is 12.5. The molecule has 1 aliphatic rings. The summed E-state index contributed by atoms with van der Waals surface area (Å²) in [5, 5.41) is 6.68. The molecule has 0 aromatic carbocycles. The third-order valence-electron chi connectivity index (χ3n) is 3.63. The molecule has 3 N–H and O–H groups in total. The fourth-order valence-electron chi connectivity index (χ4n) is 2.51. The van der Waals surface area contributed by atoms with Crippen molar-refractivity contribution in [2.24, 2.45) is 5.73 Å². The van der Waals surface area contributed by atoms with Gasteiger partial charge in [0.1, 0.15) is 0 Å². The molecule has 1 amide bonds.